The van der Waals surface area contributed by atoms with Crippen LogP contribution in [0, 0.1) is 0 Å². The van der Waals surface area contributed by atoms with E-state index in [-0.39, 0.29) is 0 Å². The minimum absolute atomic E-state index is 0.443. The predicted octanol–water partition coefficient (Wildman–Crippen LogP) is 2.84. The highest BCUT2D eigenvalue weighted by Crippen LogP contribution is 2.22. The molecule has 1 amide bonds. The van der Waals surface area contributed by atoms with Gasteiger partial charge in [0.15, 0.2) is 0 Å². The molecule has 0 aromatic heterocycles. The molecule has 5 heteroatoms. The van der Waals surface area contributed by atoms with Gasteiger partial charge in [-0.2, -0.15) is 4.99 Å². The molecule has 0 fully saturated rings. The van der Waals surface area contributed by atoms with Gasteiger partial charge in [-0.25, -0.2) is 4.79 Å². The lowest BCUT2D eigenvalue weighted by Crippen LogP contribution is -2.24. The fraction of sp³-hybridized carbons (Fsp3) is 0.200. The molecule has 0 aliphatic heterocycles. The van der Waals surface area contributed by atoms with Crippen LogP contribution in [-0.4, -0.2) is 18.0 Å². The number of halogens is 1. The first kappa shape index (κ1) is 11.4. The van der Waals surface area contributed by atoms with Gasteiger partial charge in [-0.3, -0.25) is 9.69 Å². The van der Waals surface area contributed by atoms with Crippen molar-refractivity contribution in [2.75, 3.05) is 11.4 Å². The maximum Gasteiger partial charge on any atom is 0.320 e. The molecule has 0 saturated heterocycles. The summed E-state index contributed by atoms with van der Waals surface area (Å²) in [6.45, 7) is 2.26. The summed E-state index contributed by atoms with van der Waals surface area (Å²) in [6, 6.07) is 6.64. The van der Waals surface area contributed by atoms with Crippen LogP contribution < -0.4 is 4.90 Å². The van der Waals surface area contributed by atoms with Gasteiger partial charge in [0.2, 0.25) is 6.08 Å². The van der Waals surface area contributed by atoms with E-state index in [1.807, 2.05) is 0 Å². The third kappa shape index (κ3) is 2.91. The standard InChI is InChI=1S/C10H9ClN2O2/c1-2-13(10(11)15)9-5-3-4-8(6-9)12-7-14/h3-6H,2H2,1H3. The van der Waals surface area contributed by atoms with Crippen molar-refractivity contribution < 1.29 is 9.59 Å². The Morgan fingerprint density at radius 1 is 1.60 bits per heavy atom. The Balaban J connectivity index is 3.07. The molecule has 0 aliphatic rings. The molecule has 0 radical (unpaired) electrons. The molecule has 0 bridgehead atoms. The third-order valence-electron chi connectivity index (χ3n) is 1.84. The van der Waals surface area contributed by atoms with Crippen LogP contribution >= 0.6 is 11.6 Å². The molecular weight excluding hydrogens is 216 g/mol. The number of hydrogen-bond acceptors (Lipinski definition) is 3. The molecule has 1 aromatic carbocycles. The first-order valence-electron chi connectivity index (χ1n) is 4.34. The van der Waals surface area contributed by atoms with Crippen molar-refractivity contribution in [1.82, 2.24) is 0 Å². The third-order valence-corrected chi connectivity index (χ3v) is 2.05. The highest BCUT2D eigenvalue weighted by atomic mass is 35.5. The van der Waals surface area contributed by atoms with Gasteiger partial charge in [0.25, 0.3) is 0 Å². The van der Waals surface area contributed by atoms with Gasteiger partial charge >= 0.3 is 5.37 Å². The topological polar surface area (TPSA) is 49.7 Å². The summed E-state index contributed by atoms with van der Waals surface area (Å²) in [5.74, 6) is 0. The zero-order chi connectivity index (χ0) is 11.3. The molecule has 0 unspecified atom stereocenters. The largest absolute Gasteiger partial charge is 0.320 e. The highest BCUT2D eigenvalue weighted by molar-refractivity contribution is 6.66. The number of rotatable bonds is 3. The molecule has 1 aromatic rings. The summed E-state index contributed by atoms with van der Waals surface area (Å²) in [5.41, 5.74) is 1.05. The van der Waals surface area contributed by atoms with E-state index in [1.54, 1.807) is 31.2 Å². The van der Waals surface area contributed by atoms with Gasteiger partial charge in [-0.1, -0.05) is 6.07 Å². The van der Waals surface area contributed by atoms with Gasteiger partial charge < -0.3 is 0 Å². The Hall–Kier alpha value is -1.64. The molecule has 0 N–H and O–H groups in total. The number of carbonyl (C=O) groups excluding carboxylic acids is 2. The van der Waals surface area contributed by atoms with Crippen LogP contribution in [0.1, 0.15) is 6.92 Å². The van der Waals surface area contributed by atoms with Crippen LogP contribution in [0.3, 0.4) is 0 Å². The maximum absolute atomic E-state index is 11.0. The number of isocyanates is 1. The molecule has 0 heterocycles. The quantitative estimate of drug-likeness (QED) is 0.343. The Morgan fingerprint density at radius 3 is 2.87 bits per heavy atom. The number of benzene rings is 1. The fourth-order valence-electron chi connectivity index (χ4n) is 1.19. The van der Waals surface area contributed by atoms with Crippen molar-refractivity contribution in [2.45, 2.75) is 6.92 Å². The van der Waals surface area contributed by atoms with E-state index in [0.29, 0.717) is 17.9 Å². The zero-order valence-corrected chi connectivity index (χ0v) is 8.86. The first-order valence-corrected chi connectivity index (χ1v) is 4.71. The molecule has 0 saturated carbocycles. The smallest absolute Gasteiger partial charge is 0.299 e. The lowest BCUT2D eigenvalue weighted by atomic mass is 10.2. The summed E-state index contributed by atoms with van der Waals surface area (Å²) >= 11 is 5.39. The van der Waals surface area contributed by atoms with Gasteiger partial charge in [0, 0.05) is 12.2 Å². The van der Waals surface area contributed by atoms with Crippen LogP contribution in [0.2, 0.25) is 0 Å². The summed E-state index contributed by atoms with van der Waals surface area (Å²) in [4.78, 5) is 25.9. The molecule has 15 heavy (non-hydrogen) atoms. The van der Waals surface area contributed by atoms with Crippen molar-refractivity contribution in [1.29, 1.82) is 0 Å². The summed E-state index contributed by atoms with van der Waals surface area (Å²) in [6.07, 6.45) is 1.44. The number of carbonyl (C=O) groups is 1. The van der Waals surface area contributed by atoms with Crippen molar-refractivity contribution >= 4 is 34.4 Å². The van der Waals surface area contributed by atoms with Crippen molar-refractivity contribution in [2.24, 2.45) is 4.99 Å². The second-order valence-electron chi connectivity index (χ2n) is 2.72. The number of amides is 1. The normalized spacial score (nSPS) is 9.20. The summed E-state index contributed by atoms with van der Waals surface area (Å²) < 4.78 is 0. The summed E-state index contributed by atoms with van der Waals surface area (Å²) in [5, 5.41) is -0.565. The van der Waals surface area contributed by atoms with Crippen molar-refractivity contribution in [3.63, 3.8) is 0 Å². The van der Waals surface area contributed by atoms with E-state index < -0.39 is 5.37 Å². The number of hydrogen-bond donors (Lipinski definition) is 0. The SMILES string of the molecule is CCN(C(=O)Cl)c1cccc(N=C=O)c1. The Bertz CT molecular complexity index is 414. The molecule has 78 valence electrons. The molecule has 0 aliphatic carbocycles. The van der Waals surface area contributed by atoms with Crippen LogP contribution in [0.25, 0.3) is 0 Å². The maximum atomic E-state index is 11.0. The number of aliphatic imine (C=N–C) groups is 1. The average Bonchev–Trinajstić information content (AvgIpc) is 2.19. The van der Waals surface area contributed by atoms with E-state index in [9.17, 15) is 9.59 Å². The second kappa shape index (κ2) is 5.29. The molecule has 4 nitrogen and oxygen atoms in total. The van der Waals surface area contributed by atoms with E-state index in [0.717, 1.165) is 0 Å². The zero-order valence-electron chi connectivity index (χ0n) is 8.11. The van der Waals surface area contributed by atoms with Crippen LogP contribution in [-0.2, 0) is 4.79 Å². The lowest BCUT2D eigenvalue weighted by molar-refractivity contribution is 0.264. The minimum Gasteiger partial charge on any atom is -0.299 e. The number of nitrogens with zero attached hydrogens (tertiary/aromatic N) is 2. The molecule has 0 atom stereocenters. The van der Waals surface area contributed by atoms with Crippen molar-refractivity contribution in [3.8, 4) is 0 Å². The second-order valence-corrected chi connectivity index (χ2v) is 3.04. The van der Waals surface area contributed by atoms with Crippen LogP contribution in [0.5, 0.6) is 0 Å². The molecule has 1 rings (SSSR count). The van der Waals surface area contributed by atoms with Crippen LogP contribution in [0.4, 0.5) is 16.2 Å². The first-order chi connectivity index (χ1) is 7.19. The van der Waals surface area contributed by atoms with E-state index in [1.165, 1.54) is 11.0 Å². The average molecular weight is 225 g/mol. The highest BCUT2D eigenvalue weighted by Gasteiger charge is 2.10. The fourth-order valence-corrected chi connectivity index (χ4v) is 1.41. The van der Waals surface area contributed by atoms with Gasteiger partial charge in [-0.15, -0.1) is 0 Å². The van der Waals surface area contributed by atoms with E-state index in [4.69, 9.17) is 11.6 Å². The van der Waals surface area contributed by atoms with Gasteiger partial charge in [0.05, 0.1) is 5.69 Å². The van der Waals surface area contributed by atoms with E-state index in [2.05, 4.69) is 4.99 Å². The monoisotopic (exact) mass is 224 g/mol. The Labute approximate surface area is 92.2 Å². The Kier molecular flexibility index (Phi) is 4.03. The molecular formula is C10H9ClN2O2. The van der Waals surface area contributed by atoms with Crippen LogP contribution in [0.15, 0.2) is 29.3 Å². The minimum atomic E-state index is -0.565. The van der Waals surface area contributed by atoms with Gasteiger partial charge in [0.1, 0.15) is 0 Å². The van der Waals surface area contributed by atoms with Gasteiger partial charge in [-0.05, 0) is 36.7 Å². The van der Waals surface area contributed by atoms with E-state index >= 15 is 0 Å². The predicted molar refractivity (Wildman–Crippen MR) is 58.5 cm³/mol. The number of anilines is 1. The lowest BCUT2D eigenvalue weighted by Gasteiger charge is -2.17. The molecule has 0 spiro atoms. The van der Waals surface area contributed by atoms with Crippen molar-refractivity contribution in [3.05, 3.63) is 24.3 Å². The summed E-state index contributed by atoms with van der Waals surface area (Å²) in [7, 11) is 0. The Morgan fingerprint density at radius 2 is 2.33 bits per heavy atom.